The van der Waals surface area contributed by atoms with Crippen molar-refractivity contribution in [1.82, 2.24) is 9.78 Å². The first kappa shape index (κ1) is 17.5. The summed E-state index contributed by atoms with van der Waals surface area (Å²) in [4.78, 5) is 0. The number of aryl methyl sites for hydroxylation is 2. The van der Waals surface area contributed by atoms with E-state index in [9.17, 15) is 17.6 Å². The van der Waals surface area contributed by atoms with Gasteiger partial charge in [-0.05, 0) is 31.2 Å². The van der Waals surface area contributed by atoms with E-state index in [2.05, 4.69) is 26.3 Å². The van der Waals surface area contributed by atoms with E-state index in [-0.39, 0.29) is 21.4 Å². The van der Waals surface area contributed by atoms with Crippen molar-refractivity contribution in [3.05, 3.63) is 63.8 Å². The molecular weight excluding hydrogens is 402 g/mol. The lowest BCUT2D eigenvalue weighted by atomic mass is 10.0. The molecule has 1 heterocycles. The summed E-state index contributed by atoms with van der Waals surface area (Å²) in [5.41, 5.74) is -0.343. The Kier molecular flexibility index (Phi) is 4.55. The normalized spacial score (nSPS) is 11.0. The average molecular weight is 414 g/mol. The molecule has 0 atom stereocenters. The minimum absolute atomic E-state index is 0.0709. The fourth-order valence-electron chi connectivity index (χ4n) is 2.62. The molecule has 0 unspecified atom stereocenters. The lowest BCUT2D eigenvalue weighted by Crippen LogP contribution is -2.04. The first-order valence-electron chi connectivity index (χ1n) is 7.19. The third-order valence-electron chi connectivity index (χ3n) is 3.69. The maximum absolute atomic E-state index is 14.2. The number of hydrogen-bond acceptors (Lipinski definition) is 2. The topological polar surface area (TPSA) is 29.9 Å². The van der Waals surface area contributed by atoms with Crippen LogP contribution in [0.5, 0.6) is 0 Å². The summed E-state index contributed by atoms with van der Waals surface area (Å²) >= 11 is 3.00. The third-order valence-corrected chi connectivity index (χ3v) is 4.14. The Labute approximate surface area is 149 Å². The summed E-state index contributed by atoms with van der Waals surface area (Å²) in [6, 6.07) is 5.61. The van der Waals surface area contributed by atoms with Crippen LogP contribution in [0.4, 0.5) is 29.1 Å². The Morgan fingerprint density at radius 1 is 0.960 bits per heavy atom. The van der Waals surface area contributed by atoms with E-state index < -0.39 is 29.0 Å². The first-order chi connectivity index (χ1) is 11.8. The highest BCUT2D eigenvalue weighted by molar-refractivity contribution is 9.10. The van der Waals surface area contributed by atoms with Crippen LogP contribution >= 0.6 is 15.9 Å². The second-order valence-corrected chi connectivity index (χ2v) is 6.31. The molecule has 1 aromatic heterocycles. The fraction of sp³-hybridized carbons (Fsp3) is 0.118. The van der Waals surface area contributed by atoms with Gasteiger partial charge in [-0.3, -0.25) is 4.68 Å². The Bertz CT molecular complexity index is 926. The lowest BCUT2D eigenvalue weighted by Gasteiger charge is -2.13. The zero-order chi connectivity index (χ0) is 18.3. The number of anilines is 2. The molecule has 0 radical (unpaired) electrons. The van der Waals surface area contributed by atoms with Crippen molar-refractivity contribution in [2.75, 3.05) is 5.32 Å². The molecule has 0 saturated heterocycles. The minimum Gasteiger partial charge on any atom is -0.335 e. The summed E-state index contributed by atoms with van der Waals surface area (Å²) in [5, 5.41) is 6.68. The van der Waals surface area contributed by atoms with Crippen LogP contribution < -0.4 is 5.32 Å². The van der Waals surface area contributed by atoms with E-state index in [1.54, 1.807) is 6.92 Å². The summed E-state index contributed by atoms with van der Waals surface area (Å²) in [7, 11) is 1.51. The van der Waals surface area contributed by atoms with Gasteiger partial charge < -0.3 is 5.32 Å². The molecule has 0 aliphatic heterocycles. The van der Waals surface area contributed by atoms with E-state index in [0.29, 0.717) is 5.69 Å². The smallest absolute Gasteiger partial charge is 0.150 e. The van der Waals surface area contributed by atoms with Crippen molar-refractivity contribution in [2.45, 2.75) is 6.92 Å². The van der Waals surface area contributed by atoms with Crippen LogP contribution in [0.1, 0.15) is 5.69 Å². The Morgan fingerprint density at radius 3 is 2.08 bits per heavy atom. The third kappa shape index (κ3) is 3.13. The number of rotatable bonds is 3. The molecule has 3 aromatic rings. The van der Waals surface area contributed by atoms with E-state index in [1.807, 2.05) is 0 Å². The van der Waals surface area contributed by atoms with Crippen LogP contribution in [0.2, 0.25) is 0 Å². The maximum Gasteiger partial charge on any atom is 0.150 e. The molecule has 0 aliphatic carbocycles. The van der Waals surface area contributed by atoms with Crippen molar-refractivity contribution < 1.29 is 17.6 Å². The van der Waals surface area contributed by atoms with Gasteiger partial charge >= 0.3 is 0 Å². The van der Waals surface area contributed by atoms with Gasteiger partial charge in [0.1, 0.15) is 23.1 Å². The molecule has 130 valence electrons. The molecule has 2 aromatic carbocycles. The van der Waals surface area contributed by atoms with Crippen LogP contribution in [0.25, 0.3) is 11.1 Å². The molecule has 0 fully saturated rings. The van der Waals surface area contributed by atoms with Gasteiger partial charge in [-0.1, -0.05) is 22.0 Å². The van der Waals surface area contributed by atoms with Crippen molar-refractivity contribution >= 4 is 27.4 Å². The SMILES string of the molecule is Cc1nn(C)c(Nc2c(F)cc(Br)cc2F)c1-c1c(F)cccc1F. The summed E-state index contributed by atoms with van der Waals surface area (Å²) in [5.74, 6) is -3.23. The lowest BCUT2D eigenvalue weighted by molar-refractivity contribution is 0.588. The maximum atomic E-state index is 14.2. The molecule has 0 bridgehead atoms. The number of nitrogens with one attached hydrogen (secondary N) is 1. The molecule has 3 rings (SSSR count). The van der Waals surface area contributed by atoms with E-state index in [1.165, 1.54) is 17.8 Å². The average Bonchev–Trinajstić information content (AvgIpc) is 2.77. The molecule has 1 N–H and O–H groups in total. The van der Waals surface area contributed by atoms with E-state index >= 15 is 0 Å². The van der Waals surface area contributed by atoms with Gasteiger partial charge in [0.2, 0.25) is 0 Å². The second-order valence-electron chi connectivity index (χ2n) is 5.40. The molecule has 0 saturated carbocycles. The molecule has 25 heavy (non-hydrogen) atoms. The number of aromatic nitrogens is 2. The Balaban J connectivity index is 2.20. The molecule has 3 nitrogen and oxygen atoms in total. The number of hydrogen-bond donors (Lipinski definition) is 1. The van der Waals surface area contributed by atoms with Gasteiger partial charge in [-0.2, -0.15) is 5.10 Å². The molecule has 8 heteroatoms. The summed E-state index contributed by atoms with van der Waals surface area (Å²) < 4.78 is 58.1. The van der Waals surface area contributed by atoms with Gasteiger partial charge in [-0.15, -0.1) is 0 Å². The van der Waals surface area contributed by atoms with Crippen molar-refractivity contribution in [3.63, 3.8) is 0 Å². The van der Waals surface area contributed by atoms with Crippen LogP contribution in [-0.4, -0.2) is 9.78 Å². The number of nitrogens with zero attached hydrogens (tertiary/aromatic N) is 2. The molecule has 0 spiro atoms. The zero-order valence-corrected chi connectivity index (χ0v) is 14.8. The summed E-state index contributed by atoms with van der Waals surface area (Å²) in [6.07, 6.45) is 0. The van der Waals surface area contributed by atoms with Gasteiger partial charge in [0.15, 0.2) is 11.6 Å². The monoisotopic (exact) mass is 413 g/mol. The molecular formula is C17H12BrF4N3. The minimum atomic E-state index is -0.856. The quantitative estimate of drug-likeness (QED) is 0.577. The Morgan fingerprint density at radius 2 is 1.52 bits per heavy atom. The van der Waals surface area contributed by atoms with Crippen LogP contribution in [0, 0.1) is 30.2 Å². The van der Waals surface area contributed by atoms with Crippen molar-refractivity contribution in [3.8, 4) is 11.1 Å². The molecule has 0 aliphatic rings. The Hall–Kier alpha value is -2.35. The molecule has 0 amide bonds. The van der Waals surface area contributed by atoms with Crippen molar-refractivity contribution in [2.24, 2.45) is 7.05 Å². The standard InChI is InChI=1S/C17H12BrF4N3/c1-8-14(15-10(19)4-3-5-11(15)20)17(25(2)24-8)23-16-12(21)6-9(18)7-13(16)22/h3-7,23H,1-2H3. The van der Waals surface area contributed by atoms with E-state index in [0.717, 1.165) is 24.3 Å². The van der Waals surface area contributed by atoms with Gasteiger partial charge in [-0.25, -0.2) is 17.6 Å². The van der Waals surface area contributed by atoms with Gasteiger partial charge in [0, 0.05) is 11.5 Å². The highest BCUT2D eigenvalue weighted by Crippen LogP contribution is 2.37. The first-order valence-corrected chi connectivity index (χ1v) is 7.98. The largest absolute Gasteiger partial charge is 0.335 e. The summed E-state index contributed by atoms with van der Waals surface area (Å²) in [6.45, 7) is 1.56. The van der Waals surface area contributed by atoms with E-state index in [4.69, 9.17) is 0 Å². The highest BCUT2D eigenvalue weighted by Gasteiger charge is 2.23. The highest BCUT2D eigenvalue weighted by atomic mass is 79.9. The fourth-order valence-corrected chi connectivity index (χ4v) is 3.02. The van der Waals surface area contributed by atoms with Gasteiger partial charge in [0.25, 0.3) is 0 Å². The van der Waals surface area contributed by atoms with Crippen LogP contribution in [0.3, 0.4) is 0 Å². The predicted molar refractivity (Wildman–Crippen MR) is 90.6 cm³/mol. The van der Waals surface area contributed by atoms with Crippen LogP contribution in [0.15, 0.2) is 34.8 Å². The van der Waals surface area contributed by atoms with Crippen molar-refractivity contribution in [1.29, 1.82) is 0 Å². The number of benzene rings is 2. The van der Waals surface area contributed by atoms with Gasteiger partial charge in [0.05, 0.1) is 16.8 Å². The predicted octanol–water partition coefficient (Wildman–Crippen LogP) is 5.46. The second kappa shape index (κ2) is 6.51. The zero-order valence-electron chi connectivity index (χ0n) is 13.2. The van der Waals surface area contributed by atoms with Crippen LogP contribution in [-0.2, 0) is 7.05 Å². The number of halogens is 5.